The lowest BCUT2D eigenvalue weighted by Crippen LogP contribution is -2.36. The number of hydrogen-bond acceptors (Lipinski definition) is 7. The Labute approximate surface area is 160 Å². The second-order valence-corrected chi connectivity index (χ2v) is 6.12. The number of furan rings is 1. The van der Waals surface area contributed by atoms with Gasteiger partial charge in [-0.05, 0) is 43.7 Å². The molecule has 0 unspecified atom stereocenters. The molecule has 1 amide bonds. The number of nitrogens with one attached hydrogen (secondary N) is 1. The van der Waals surface area contributed by atoms with E-state index in [0.29, 0.717) is 17.1 Å². The van der Waals surface area contributed by atoms with Crippen molar-refractivity contribution in [3.63, 3.8) is 0 Å². The molecule has 28 heavy (non-hydrogen) atoms. The third kappa shape index (κ3) is 4.79. The van der Waals surface area contributed by atoms with Gasteiger partial charge in [0.1, 0.15) is 17.1 Å². The molecule has 0 saturated carbocycles. The fourth-order valence-corrected chi connectivity index (χ4v) is 2.55. The molecular weight excluding hydrogens is 366 g/mol. The van der Waals surface area contributed by atoms with Gasteiger partial charge in [-0.3, -0.25) is 4.79 Å². The third-order valence-corrected chi connectivity index (χ3v) is 3.97. The van der Waals surface area contributed by atoms with Crippen LogP contribution in [0.5, 0.6) is 5.75 Å². The molecule has 0 fully saturated rings. The fraction of sp³-hybridized carbons (Fsp3) is 0.250. The summed E-state index contributed by atoms with van der Waals surface area (Å²) in [6.07, 6.45) is 0.519. The van der Waals surface area contributed by atoms with Crippen molar-refractivity contribution in [3.8, 4) is 5.75 Å². The number of hydrogen-bond donors (Lipinski definition) is 1. The first kappa shape index (κ1) is 19.2. The molecule has 3 rings (SSSR count). The van der Waals surface area contributed by atoms with Gasteiger partial charge in [0.15, 0.2) is 12.7 Å². The van der Waals surface area contributed by atoms with Crippen LogP contribution in [0, 0.1) is 6.92 Å². The van der Waals surface area contributed by atoms with Crippen molar-refractivity contribution < 1.29 is 27.9 Å². The predicted octanol–water partition coefficient (Wildman–Crippen LogP) is 2.32. The highest BCUT2D eigenvalue weighted by Gasteiger charge is 2.18. The summed E-state index contributed by atoms with van der Waals surface area (Å²) in [6.45, 7) is 3.07. The molecule has 1 atom stereocenters. The smallest absolute Gasteiger partial charge is 0.344 e. The quantitative estimate of drug-likeness (QED) is 0.491. The number of esters is 1. The number of aryl methyl sites for hydroxylation is 1. The number of carbonyl (C=O) groups is 2. The molecule has 0 spiro atoms. The molecule has 146 valence electrons. The van der Waals surface area contributed by atoms with Gasteiger partial charge in [-0.15, -0.1) is 0 Å². The van der Waals surface area contributed by atoms with Crippen LogP contribution in [0.15, 0.2) is 56.3 Å². The lowest BCUT2D eigenvalue weighted by molar-refractivity contribution is -0.156. The fourth-order valence-electron chi connectivity index (χ4n) is 2.55. The van der Waals surface area contributed by atoms with E-state index >= 15 is 0 Å². The number of benzene rings is 1. The lowest BCUT2D eigenvalue weighted by atomic mass is 10.1. The van der Waals surface area contributed by atoms with E-state index in [-0.39, 0.29) is 6.54 Å². The summed E-state index contributed by atoms with van der Waals surface area (Å²) in [5, 5.41) is 3.38. The molecule has 8 nitrogen and oxygen atoms in total. The molecule has 3 aromatic rings. The van der Waals surface area contributed by atoms with Crippen LogP contribution in [0.25, 0.3) is 11.0 Å². The van der Waals surface area contributed by atoms with Crippen molar-refractivity contribution in [1.82, 2.24) is 5.32 Å². The van der Waals surface area contributed by atoms with Crippen LogP contribution in [0.3, 0.4) is 0 Å². The third-order valence-electron chi connectivity index (χ3n) is 3.97. The highest BCUT2D eigenvalue weighted by atomic mass is 16.6. The number of fused-ring (bicyclic) bond motifs is 1. The second-order valence-electron chi connectivity index (χ2n) is 6.12. The Hall–Kier alpha value is -3.55. The van der Waals surface area contributed by atoms with Gasteiger partial charge in [0.25, 0.3) is 5.91 Å². The van der Waals surface area contributed by atoms with Crippen LogP contribution in [0.4, 0.5) is 0 Å². The van der Waals surface area contributed by atoms with E-state index in [2.05, 4.69) is 5.32 Å². The van der Waals surface area contributed by atoms with Gasteiger partial charge in [-0.1, -0.05) is 0 Å². The summed E-state index contributed by atoms with van der Waals surface area (Å²) in [5.41, 5.74) is 0.684. The summed E-state index contributed by atoms with van der Waals surface area (Å²) in [7, 11) is 0. The summed E-state index contributed by atoms with van der Waals surface area (Å²) in [6, 6.07) is 9.75. The van der Waals surface area contributed by atoms with E-state index in [1.807, 2.05) is 0 Å². The molecule has 1 N–H and O–H groups in total. The van der Waals surface area contributed by atoms with Crippen molar-refractivity contribution in [2.45, 2.75) is 26.5 Å². The number of amides is 1. The zero-order chi connectivity index (χ0) is 20.1. The predicted molar refractivity (Wildman–Crippen MR) is 98.8 cm³/mol. The Kier molecular flexibility index (Phi) is 5.78. The number of rotatable bonds is 7. The van der Waals surface area contributed by atoms with E-state index in [1.165, 1.54) is 25.3 Å². The summed E-state index contributed by atoms with van der Waals surface area (Å²) in [4.78, 5) is 35.3. The zero-order valence-electron chi connectivity index (χ0n) is 15.4. The molecule has 0 radical (unpaired) electrons. The van der Waals surface area contributed by atoms with Crippen LogP contribution in [-0.4, -0.2) is 24.6 Å². The maximum atomic E-state index is 11.9. The van der Waals surface area contributed by atoms with Crippen LogP contribution in [0.1, 0.15) is 18.2 Å². The van der Waals surface area contributed by atoms with Gasteiger partial charge in [-0.2, -0.15) is 0 Å². The Bertz CT molecular complexity index is 1040. The van der Waals surface area contributed by atoms with Crippen molar-refractivity contribution >= 4 is 22.8 Å². The molecular formula is C20H19NO7. The van der Waals surface area contributed by atoms with Crippen molar-refractivity contribution in [2.75, 3.05) is 6.61 Å². The lowest BCUT2D eigenvalue weighted by Gasteiger charge is -2.13. The number of ether oxygens (including phenoxy) is 2. The van der Waals surface area contributed by atoms with Gasteiger partial charge < -0.3 is 23.6 Å². The van der Waals surface area contributed by atoms with Crippen LogP contribution in [0.2, 0.25) is 0 Å². The molecule has 0 bridgehead atoms. The molecule has 1 aromatic carbocycles. The summed E-state index contributed by atoms with van der Waals surface area (Å²) in [5.74, 6) is -0.222. The first-order chi connectivity index (χ1) is 13.4. The minimum atomic E-state index is -0.983. The van der Waals surface area contributed by atoms with E-state index in [9.17, 15) is 14.4 Å². The normalized spacial score (nSPS) is 11.8. The Morgan fingerprint density at radius 2 is 2.04 bits per heavy atom. The Morgan fingerprint density at radius 1 is 1.21 bits per heavy atom. The summed E-state index contributed by atoms with van der Waals surface area (Å²) < 4.78 is 20.7. The molecule has 0 aliphatic carbocycles. The second kappa shape index (κ2) is 8.43. The molecule has 0 saturated heterocycles. The maximum absolute atomic E-state index is 11.9. The first-order valence-electron chi connectivity index (χ1n) is 8.59. The van der Waals surface area contributed by atoms with Gasteiger partial charge in [-0.25, -0.2) is 9.59 Å². The monoisotopic (exact) mass is 385 g/mol. The van der Waals surface area contributed by atoms with E-state index in [0.717, 1.165) is 10.9 Å². The molecule has 8 heteroatoms. The SMILES string of the molecule is Cc1cc(=O)oc2cc(OCC(=O)O[C@@H](C)C(=O)NCc3ccco3)ccc12. The molecule has 2 heterocycles. The Balaban J connectivity index is 1.51. The first-order valence-corrected chi connectivity index (χ1v) is 8.59. The number of carbonyl (C=O) groups excluding carboxylic acids is 2. The van der Waals surface area contributed by atoms with Crippen molar-refractivity contribution in [1.29, 1.82) is 0 Å². The van der Waals surface area contributed by atoms with E-state index < -0.39 is 30.2 Å². The van der Waals surface area contributed by atoms with Crippen LogP contribution >= 0.6 is 0 Å². The zero-order valence-corrected chi connectivity index (χ0v) is 15.4. The van der Waals surface area contributed by atoms with Gasteiger partial charge in [0, 0.05) is 17.5 Å². The van der Waals surface area contributed by atoms with Crippen LogP contribution < -0.4 is 15.7 Å². The van der Waals surface area contributed by atoms with Gasteiger partial charge >= 0.3 is 11.6 Å². The van der Waals surface area contributed by atoms with Gasteiger partial charge in [0.05, 0.1) is 12.8 Å². The summed E-state index contributed by atoms with van der Waals surface area (Å²) >= 11 is 0. The van der Waals surface area contributed by atoms with E-state index in [4.69, 9.17) is 18.3 Å². The molecule has 0 aliphatic heterocycles. The maximum Gasteiger partial charge on any atom is 0.344 e. The van der Waals surface area contributed by atoms with Crippen LogP contribution in [-0.2, 0) is 20.9 Å². The average molecular weight is 385 g/mol. The van der Waals surface area contributed by atoms with Crippen molar-refractivity contribution in [3.05, 3.63) is 64.4 Å². The topological polar surface area (TPSA) is 108 Å². The largest absolute Gasteiger partial charge is 0.482 e. The molecule has 0 aliphatic rings. The average Bonchev–Trinajstić information content (AvgIpc) is 3.17. The van der Waals surface area contributed by atoms with E-state index in [1.54, 1.807) is 31.2 Å². The van der Waals surface area contributed by atoms with Gasteiger partial charge in [0.2, 0.25) is 0 Å². The molecule has 2 aromatic heterocycles. The minimum absolute atomic E-state index is 0.200. The minimum Gasteiger partial charge on any atom is -0.482 e. The Morgan fingerprint density at radius 3 is 2.79 bits per heavy atom. The highest BCUT2D eigenvalue weighted by molar-refractivity contribution is 5.84. The highest BCUT2D eigenvalue weighted by Crippen LogP contribution is 2.22. The standard InChI is InChI=1S/C20H19NO7/c1-12-8-18(22)28-17-9-14(5-6-16(12)17)26-11-19(23)27-13(2)20(24)21-10-15-4-3-7-25-15/h3-9,13H,10-11H2,1-2H3,(H,21,24)/t13-/m0/s1. The van der Waals surface area contributed by atoms with Crippen molar-refractivity contribution in [2.24, 2.45) is 0 Å².